The molecule has 0 radical (unpaired) electrons. The third kappa shape index (κ3) is 8.20. The Bertz CT molecular complexity index is 937. The van der Waals surface area contributed by atoms with Crippen molar-refractivity contribution in [3.05, 3.63) is 35.7 Å². The van der Waals surface area contributed by atoms with E-state index in [9.17, 15) is 19.1 Å². The van der Waals surface area contributed by atoms with Crippen LogP contribution in [-0.2, 0) is 9.53 Å². The molecule has 200 valence electrons. The molecule has 1 saturated heterocycles. The van der Waals surface area contributed by atoms with Gasteiger partial charge < -0.3 is 29.9 Å². The predicted octanol–water partition coefficient (Wildman–Crippen LogP) is 3.50. The summed E-state index contributed by atoms with van der Waals surface area (Å²) in [5.41, 5.74) is 1.25. The maximum Gasteiger partial charge on any atom is 0.410 e. The van der Waals surface area contributed by atoms with E-state index in [0.717, 1.165) is 24.0 Å². The van der Waals surface area contributed by atoms with Crippen molar-refractivity contribution >= 4 is 17.6 Å². The minimum absolute atomic E-state index is 0.0257. The standard InChI is InChI=1S/C27H39FN2O6/c1-27(2,3)36-26(34)30-12-10-18(11-13-30)17-35-24-9-8-21(14-23(24)28)19-4-6-20(7-5-19)25(33)29-15-22(32)16-31/h4,8-9,14,18,20,22,31-32H,5-7,10-13,15-17H2,1-3H3,(H,29,33)/t20?,22-/m1/s1. The van der Waals surface area contributed by atoms with Gasteiger partial charge in [0.2, 0.25) is 5.91 Å². The van der Waals surface area contributed by atoms with Gasteiger partial charge in [-0.3, -0.25) is 4.79 Å². The van der Waals surface area contributed by atoms with E-state index in [4.69, 9.17) is 14.6 Å². The van der Waals surface area contributed by atoms with Crippen molar-refractivity contribution in [3.63, 3.8) is 0 Å². The van der Waals surface area contributed by atoms with Crippen molar-refractivity contribution in [2.75, 3.05) is 32.8 Å². The van der Waals surface area contributed by atoms with Crippen LogP contribution in [0.3, 0.4) is 0 Å². The molecule has 2 aliphatic rings. The van der Waals surface area contributed by atoms with Crippen molar-refractivity contribution in [2.24, 2.45) is 11.8 Å². The van der Waals surface area contributed by atoms with Gasteiger partial charge in [-0.2, -0.15) is 0 Å². The Hall–Kier alpha value is -2.65. The van der Waals surface area contributed by atoms with Crippen molar-refractivity contribution in [3.8, 4) is 5.75 Å². The Morgan fingerprint density at radius 2 is 1.94 bits per heavy atom. The monoisotopic (exact) mass is 506 g/mol. The average Bonchev–Trinajstić information content (AvgIpc) is 2.85. The van der Waals surface area contributed by atoms with Gasteiger partial charge in [0, 0.05) is 25.6 Å². The quantitative estimate of drug-likeness (QED) is 0.498. The molecule has 9 heteroatoms. The highest BCUT2D eigenvalue weighted by atomic mass is 19.1. The van der Waals surface area contributed by atoms with Gasteiger partial charge in [0.05, 0.1) is 19.3 Å². The van der Waals surface area contributed by atoms with Gasteiger partial charge in [0.1, 0.15) is 5.60 Å². The second-order valence-electron chi connectivity index (χ2n) is 10.6. The number of amides is 2. The van der Waals surface area contributed by atoms with Crippen LogP contribution in [0, 0.1) is 17.7 Å². The van der Waals surface area contributed by atoms with E-state index in [-0.39, 0.29) is 36.1 Å². The number of nitrogens with one attached hydrogen (secondary N) is 1. The van der Waals surface area contributed by atoms with Crippen molar-refractivity contribution < 1.29 is 33.7 Å². The third-order valence-electron chi connectivity index (χ3n) is 6.55. The van der Waals surface area contributed by atoms with Gasteiger partial charge in [-0.25, -0.2) is 9.18 Å². The zero-order chi connectivity index (χ0) is 26.3. The lowest BCUT2D eigenvalue weighted by molar-refractivity contribution is -0.125. The molecule has 0 saturated carbocycles. The first-order chi connectivity index (χ1) is 17.1. The molecule has 1 aromatic rings. The molecule has 1 unspecified atom stereocenters. The number of nitrogens with zero attached hydrogens (tertiary/aromatic N) is 1. The summed E-state index contributed by atoms with van der Waals surface area (Å²) in [4.78, 5) is 26.1. The van der Waals surface area contributed by atoms with Gasteiger partial charge in [0.25, 0.3) is 0 Å². The molecule has 1 aliphatic carbocycles. The lowest BCUT2D eigenvalue weighted by Gasteiger charge is -2.33. The number of likely N-dealkylation sites (tertiary alicyclic amines) is 1. The van der Waals surface area contributed by atoms with Crippen molar-refractivity contribution in [2.45, 2.75) is 64.6 Å². The molecule has 2 atom stereocenters. The number of ether oxygens (including phenoxy) is 2. The number of carbonyl (C=O) groups is 2. The number of piperidine rings is 1. The molecule has 0 spiro atoms. The smallest absolute Gasteiger partial charge is 0.410 e. The molecule has 0 aromatic heterocycles. The summed E-state index contributed by atoms with van der Waals surface area (Å²) < 4.78 is 26.0. The number of hydrogen-bond acceptors (Lipinski definition) is 6. The second-order valence-corrected chi connectivity index (χ2v) is 10.6. The lowest BCUT2D eigenvalue weighted by Crippen LogP contribution is -2.42. The van der Waals surface area contributed by atoms with Crippen LogP contribution in [-0.4, -0.2) is 71.7 Å². The third-order valence-corrected chi connectivity index (χ3v) is 6.55. The number of benzene rings is 1. The van der Waals surface area contributed by atoms with Crippen LogP contribution in [0.4, 0.5) is 9.18 Å². The highest BCUT2D eigenvalue weighted by Crippen LogP contribution is 2.32. The lowest BCUT2D eigenvalue weighted by atomic mass is 9.86. The fourth-order valence-electron chi connectivity index (χ4n) is 4.40. The van der Waals surface area contributed by atoms with E-state index in [1.807, 2.05) is 32.9 Å². The van der Waals surface area contributed by atoms with Crippen molar-refractivity contribution in [1.82, 2.24) is 10.2 Å². The Morgan fingerprint density at radius 1 is 1.22 bits per heavy atom. The number of hydrogen-bond donors (Lipinski definition) is 3. The highest BCUT2D eigenvalue weighted by Gasteiger charge is 2.27. The zero-order valence-electron chi connectivity index (χ0n) is 21.5. The summed E-state index contributed by atoms with van der Waals surface area (Å²) in [7, 11) is 0. The van der Waals surface area contributed by atoms with Crippen LogP contribution >= 0.6 is 0 Å². The fourth-order valence-corrected chi connectivity index (χ4v) is 4.40. The number of carbonyl (C=O) groups excluding carboxylic acids is 2. The van der Waals surface area contributed by atoms with Crippen molar-refractivity contribution in [1.29, 1.82) is 0 Å². The summed E-state index contributed by atoms with van der Waals surface area (Å²) in [5, 5.41) is 20.9. The second kappa shape index (κ2) is 12.5. The summed E-state index contributed by atoms with van der Waals surface area (Å²) in [6.07, 6.45) is 4.08. The van der Waals surface area contributed by atoms with E-state index in [1.165, 1.54) is 6.07 Å². The summed E-state index contributed by atoms with van der Waals surface area (Å²) in [5.74, 6) is -0.314. The maximum atomic E-state index is 14.8. The van der Waals surface area contributed by atoms with E-state index in [1.54, 1.807) is 11.0 Å². The molecule has 36 heavy (non-hydrogen) atoms. The highest BCUT2D eigenvalue weighted by molar-refractivity contribution is 5.80. The van der Waals surface area contributed by atoms with Crippen LogP contribution in [0.15, 0.2) is 24.3 Å². The normalized spacial score (nSPS) is 19.9. The number of allylic oxidation sites excluding steroid dienone is 2. The zero-order valence-corrected chi connectivity index (χ0v) is 21.5. The Kier molecular flexibility index (Phi) is 9.73. The largest absolute Gasteiger partial charge is 0.490 e. The first-order valence-electron chi connectivity index (χ1n) is 12.7. The number of rotatable bonds is 8. The van der Waals surface area contributed by atoms with Gasteiger partial charge in [0.15, 0.2) is 11.6 Å². The molecular weight excluding hydrogens is 467 g/mol. The SMILES string of the molecule is CC(C)(C)OC(=O)N1CCC(COc2ccc(C3=CCC(C(=O)NC[C@@H](O)CO)CC3)cc2F)CC1. The van der Waals surface area contributed by atoms with E-state index >= 15 is 0 Å². The van der Waals surface area contributed by atoms with Gasteiger partial charge in [-0.15, -0.1) is 0 Å². The average molecular weight is 507 g/mol. The molecule has 1 aromatic carbocycles. The Morgan fingerprint density at radius 3 is 2.53 bits per heavy atom. The van der Waals surface area contributed by atoms with Gasteiger partial charge >= 0.3 is 6.09 Å². The number of halogens is 1. The molecule has 1 aliphatic heterocycles. The predicted molar refractivity (Wildman–Crippen MR) is 134 cm³/mol. The number of aliphatic hydroxyl groups is 2. The molecule has 2 amide bonds. The van der Waals surface area contributed by atoms with E-state index in [2.05, 4.69) is 5.32 Å². The summed E-state index contributed by atoms with van der Waals surface area (Å²) in [6, 6.07) is 4.97. The molecular formula is C27H39FN2O6. The molecule has 1 fully saturated rings. The molecule has 3 rings (SSSR count). The van der Waals surface area contributed by atoms with Gasteiger partial charge in [-0.1, -0.05) is 12.1 Å². The Labute approximate surface area is 212 Å². The summed E-state index contributed by atoms with van der Waals surface area (Å²) >= 11 is 0. The van der Waals surface area contributed by atoms with Crippen LogP contribution in [0.2, 0.25) is 0 Å². The molecule has 3 N–H and O–H groups in total. The van der Waals surface area contributed by atoms with E-state index in [0.29, 0.717) is 39.0 Å². The fraction of sp³-hybridized carbons (Fsp3) is 0.630. The van der Waals surface area contributed by atoms with Gasteiger partial charge in [-0.05, 0) is 82.1 Å². The first kappa shape index (κ1) is 27.9. The minimum atomic E-state index is -0.961. The molecule has 1 heterocycles. The minimum Gasteiger partial charge on any atom is -0.490 e. The van der Waals surface area contributed by atoms with Crippen LogP contribution in [0.5, 0.6) is 5.75 Å². The molecule has 0 bridgehead atoms. The Balaban J connectivity index is 1.46. The number of aliphatic hydroxyl groups excluding tert-OH is 2. The topological polar surface area (TPSA) is 108 Å². The van der Waals surface area contributed by atoms with Crippen LogP contribution < -0.4 is 10.1 Å². The maximum absolute atomic E-state index is 14.8. The van der Waals surface area contributed by atoms with Crippen LogP contribution in [0.1, 0.15) is 58.4 Å². The summed E-state index contributed by atoms with van der Waals surface area (Å²) in [6.45, 7) is 6.76. The van der Waals surface area contributed by atoms with E-state index < -0.39 is 24.1 Å². The first-order valence-corrected chi connectivity index (χ1v) is 12.7. The molecule has 8 nitrogen and oxygen atoms in total. The van der Waals surface area contributed by atoms with Crippen LogP contribution in [0.25, 0.3) is 5.57 Å².